The van der Waals surface area contributed by atoms with Gasteiger partial charge in [0.15, 0.2) is 0 Å². The zero-order valence-electron chi connectivity index (χ0n) is 9.75. The molecule has 3 heteroatoms. The molecular weight excluding hydrogens is 297 g/mol. The predicted molar refractivity (Wildman–Crippen MR) is 70.2 cm³/mol. The second-order valence-corrected chi connectivity index (χ2v) is 4.19. The third kappa shape index (κ3) is 1.60. The minimum absolute atomic E-state index is 0. The number of nitrogens with zero attached hydrogens (tertiary/aromatic N) is 2. The number of aromatic nitrogens is 2. The van der Waals surface area contributed by atoms with Gasteiger partial charge in [0.2, 0.25) is 0 Å². The number of pyridine rings is 1. The van der Waals surface area contributed by atoms with E-state index in [2.05, 4.69) is 64.0 Å². The average molecular weight is 307 g/mol. The van der Waals surface area contributed by atoms with Crippen LogP contribution in [0.15, 0.2) is 60.7 Å². The average Bonchev–Trinajstić information content (AvgIpc) is 2.77. The van der Waals surface area contributed by atoms with Crippen LogP contribution in [0.3, 0.4) is 0 Å². The third-order valence-corrected chi connectivity index (χ3v) is 3.18. The van der Waals surface area contributed by atoms with Crippen LogP contribution in [-0.2, 0) is 32.7 Å². The fourth-order valence-corrected chi connectivity index (χ4v) is 2.41. The normalized spacial score (nSPS) is 10.9. The van der Waals surface area contributed by atoms with E-state index in [9.17, 15) is 0 Å². The Bertz CT molecular complexity index is 843. The molecular formula is C15H10N2Y. The Morgan fingerprint density at radius 3 is 2.33 bits per heavy atom. The number of hydrogen-bond donors (Lipinski definition) is 0. The topological polar surface area (TPSA) is 17.3 Å². The van der Waals surface area contributed by atoms with Crippen molar-refractivity contribution in [1.29, 1.82) is 0 Å². The van der Waals surface area contributed by atoms with Gasteiger partial charge in [-0.05, 0) is 35.7 Å². The van der Waals surface area contributed by atoms with Crippen LogP contribution < -0.4 is 0 Å². The van der Waals surface area contributed by atoms with Crippen molar-refractivity contribution < 1.29 is 32.7 Å². The summed E-state index contributed by atoms with van der Waals surface area (Å²) < 4.78 is 2.21. The molecule has 0 bridgehead atoms. The van der Waals surface area contributed by atoms with E-state index in [-0.39, 0.29) is 32.7 Å². The van der Waals surface area contributed by atoms with Gasteiger partial charge in [-0.3, -0.25) is 4.40 Å². The van der Waals surface area contributed by atoms with E-state index in [4.69, 9.17) is 0 Å². The fourth-order valence-electron chi connectivity index (χ4n) is 2.41. The number of hydrogen-bond acceptors (Lipinski definition) is 1. The number of para-hydroxylation sites is 3. The largest absolute Gasteiger partial charge is 0.292 e. The van der Waals surface area contributed by atoms with Crippen molar-refractivity contribution >= 4 is 27.6 Å². The van der Waals surface area contributed by atoms with Crippen molar-refractivity contribution in [2.45, 2.75) is 0 Å². The Morgan fingerprint density at radius 2 is 1.44 bits per heavy atom. The number of fused-ring (bicyclic) bond motifs is 5. The summed E-state index contributed by atoms with van der Waals surface area (Å²) in [6.07, 6.45) is 0. The molecule has 2 aromatic carbocycles. The van der Waals surface area contributed by atoms with Gasteiger partial charge in [-0.25, -0.2) is 4.98 Å². The Morgan fingerprint density at radius 1 is 0.722 bits per heavy atom. The first kappa shape index (κ1) is 11.8. The van der Waals surface area contributed by atoms with Gasteiger partial charge in [0.05, 0.1) is 16.6 Å². The van der Waals surface area contributed by atoms with Gasteiger partial charge in [-0.2, -0.15) is 0 Å². The van der Waals surface area contributed by atoms with Gasteiger partial charge >= 0.3 is 0 Å². The summed E-state index contributed by atoms with van der Waals surface area (Å²) in [7, 11) is 0. The van der Waals surface area contributed by atoms with E-state index in [0.717, 1.165) is 11.2 Å². The zero-order chi connectivity index (χ0) is 11.2. The first-order chi connectivity index (χ1) is 8.43. The van der Waals surface area contributed by atoms with E-state index >= 15 is 0 Å². The van der Waals surface area contributed by atoms with Crippen LogP contribution in [0.5, 0.6) is 0 Å². The van der Waals surface area contributed by atoms with Gasteiger partial charge in [0.1, 0.15) is 5.65 Å². The van der Waals surface area contributed by atoms with E-state index in [1.807, 2.05) is 6.07 Å². The summed E-state index contributed by atoms with van der Waals surface area (Å²) in [6, 6.07) is 20.8. The van der Waals surface area contributed by atoms with E-state index in [1.54, 1.807) is 0 Å². The Labute approximate surface area is 130 Å². The molecule has 0 aliphatic heterocycles. The van der Waals surface area contributed by atoms with Crippen LogP contribution in [0.25, 0.3) is 27.6 Å². The molecule has 0 N–H and O–H groups in total. The van der Waals surface area contributed by atoms with Crippen molar-refractivity contribution in [3.8, 4) is 0 Å². The number of rotatable bonds is 0. The van der Waals surface area contributed by atoms with Gasteiger partial charge < -0.3 is 0 Å². The SMILES string of the molecule is [Y].c1ccc2c(c1)ccc1nc3ccccc3n12. The van der Waals surface area contributed by atoms with Gasteiger partial charge in [-0.1, -0.05) is 30.3 Å². The molecule has 83 valence electrons. The van der Waals surface area contributed by atoms with Crippen LogP contribution >= 0.6 is 0 Å². The second kappa shape index (κ2) is 4.45. The molecule has 4 aromatic rings. The monoisotopic (exact) mass is 307 g/mol. The summed E-state index contributed by atoms with van der Waals surface area (Å²) in [6.45, 7) is 0. The van der Waals surface area contributed by atoms with Crippen molar-refractivity contribution in [3.05, 3.63) is 60.7 Å². The molecule has 18 heavy (non-hydrogen) atoms. The first-order valence-electron chi connectivity index (χ1n) is 5.68. The van der Waals surface area contributed by atoms with Crippen molar-refractivity contribution in [2.75, 3.05) is 0 Å². The molecule has 0 atom stereocenters. The molecule has 2 nitrogen and oxygen atoms in total. The number of imidazole rings is 1. The summed E-state index contributed by atoms with van der Waals surface area (Å²) in [5, 5.41) is 1.24. The Hall–Kier alpha value is -1.25. The molecule has 0 aliphatic carbocycles. The maximum atomic E-state index is 4.63. The predicted octanol–water partition coefficient (Wildman–Crippen LogP) is 3.64. The van der Waals surface area contributed by atoms with E-state index in [0.29, 0.717) is 0 Å². The van der Waals surface area contributed by atoms with Crippen LogP contribution in [0.4, 0.5) is 0 Å². The van der Waals surface area contributed by atoms with Crippen molar-refractivity contribution in [2.24, 2.45) is 0 Å². The molecule has 2 heterocycles. The van der Waals surface area contributed by atoms with Crippen molar-refractivity contribution in [1.82, 2.24) is 9.38 Å². The Kier molecular flexibility index (Phi) is 2.92. The molecule has 0 saturated carbocycles. The summed E-state index contributed by atoms with van der Waals surface area (Å²) in [4.78, 5) is 4.63. The fraction of sp³-hybridized carbons (Fsp3) is 0. The zero-order valence-corrected chi connectivity index (χ0v) is 12.6. The summed E-state index contributed by atoms with van der Waals surface area (Å²) in [5.74, 6) is 0. The van der Waals surface area contributed by atoms with Gasteiger partial charge in [0.25, 0.3) is 0 Å². The van der Waals surface area contributed by atoms with Gasteiger partial charge in [0, 0.05) is 32.7 Å². The molecule has 0 amide bonds. The van der Waals surface area contributed by atoms with Gasteiger partial charge in [-0.15, -0.1) is 0 Å². The third-order valence-electron chi connectivity index (χ3n) is 3.18. The van der Waals surface area contributed by atoms with Crippen LogP contribution in [0.2, 0.25) is 0 Å². The first-order valence-corrected chi connectivity index (χ1v) is 5.68. The van der Waals surface area contributed by atoms with Crippen LogP contribution in [-0.4, -0.2) is 9.38 Å². The minimum atomic E-state index is 0. The number of benzene rings is 2. The van der Waals surface area contributed by atoms with Crippen LogP contribution in [0.1, 0.15) is 0 Å². The summed E-state index contributed by atoms with van der Waals surface area (Å²) >= 11 is 0. The molecule has 0 unspecified atom stereocenters. The maximum absolute atomic E-state index is 4.63. The second-order valence-electron chi connectivity index (χ2n) is 4.19. The molecule has 0 fully saturated rings. The molecule has 0 saturated heterocycles. The van der Waals surface area contributed by atoms with Crippen molar-refractivity contribution in [3.63, 3.8) is 0 Å². The smallest absolute Gasteiger partial charge is 0.138 e. The van der Waals surface area contributed by atoms with E-state index < -0.39 is 0 Å². The molecule has 2 aromatic heterocycles. The molecule has 0 spiro atoms. The maximum Gasteiger partial charge on any atom is 0.138 e. The Balaban J connectivity index is 0.000001000. The quantitative estimate of drug-likeness (QED) is 0.485. The van der Waals surface area contributed by atoms with Crippen LogP contribution in [0, 0.1) is 0 Å². The molecule has 0 aliphatic rings. The van der Waals surface area contributed by atoms with E-state index in [1.165, 1.54) is 16.4 Å². The minimum Gasteiger partial charge on any atom is -0.292 e. The standard InChI is InChI=1S/C15H10N2.Y/c1-3-7-13-11(5-1)9-10-15-16-12-6-2-4-8-14(12)17(13)15;/h1-10H;. The molecule has 4 rings (SSSR count). The summed E-state index contributed by atoms with van der Waals surface area (Å²) in [5.41, 5.74) is 4.42. The molecule has 1 radical (unpaired) electrons.